The van der Waals surface area contributed by atoms with Gasteiger partial charge in [-0.2, -0.15) is 0 Å². The first-order valence-electron chi connectivity index (χ1n) is 6.31. The summed E-state index contributed by atoms with van der Waals surface area (Å²) < 4.78 is 6.42. The highest BCUT2D eigenvalue weighted by atomic mass is 79.9. The van der Waals surface area contributed by atoms with Gasteiger partial charge in [0.05, 0.1) is 7.11 Å². The van der Waals surface area contributed by atoms with Gasteiger partial charge in [-0.1, -0.05) is 22.9 Å². The molecule has 0 saturated carbocycles. The minimum Gasteiger partial charge on any atom is -0.497 e. The van der Waals surface area contributed by atoms with E-state index in [1.54, 1.807) is 7.11 Å². The predicted molar refractivity (Wildman–Crippen MR) is 85.0 cm³/mol. The summed E-state index contributed by atoms with van der Waals surface area (Å²) in [7, 11) is 1.70. The number of halogens is 2. The molecular formula is C14H22BrClN2O. The molecule has 2 rings (SSSR count). The summed E-state index contributed by atoms with van der Waals surface area (Å²) in [5.41, 5.74) is 7.40. The molecule has 0 amide bonds. The number of benzene rings is 1. The van der Waals surface area contributed by atoms with E-state index in [0.29, 0.717) is 0 Å². The van der Waals surface area contributed by atoms with Gasteiger partial charge in [0.1, 0.15) is 5.75 Å². The Kier molecular flexibility index (Phi) is 6.12. The van der Waals surface area contributed by atoms with Crippen molar-refractivity contribution in [1.82, 2.24) is 4.90 Å². The van der Waals surface area contributed by atoms with Gasteiger partial charge in [0.15, 0.2) is 0 Å². The molecule has 0 aromatic heterocycles. The van der Waals surface area contributed by atoms with Crippen LogP contribution in [0.15, 0.2) is 22.7 Å². The van der Waals surface area contributed by atoms with Crippen LogP contribution < -0.4 is 10.5 Å². The van der Waals surface area contributed by atoms with Crippen LogP contribution in [0.2, 0.25) is 0 Å². The van der Waals surface area contributed by atoms with Crippen molar-refractivity contribution in [3.63, 3.8) is 0 Å². The Labute approximate surface area is 130 Å². The lowest BCUT2D eigenvalue weighted by Crippen LogP contribution is -2.31. The number of rotatable bonds is 4. The van der Waals surface area contributed by atoms with E-state index in [4.69, 9.17) is 10.5 Å². The molecule has 1 heterocycles. The Morgan fingerprint density at radius 1 is 1.47 bits per heavy atom. The normalized spacial score (nSPS) is 23.2. The van der Waals surface area contributed by atoms with Gasteiger partial charge in [-0.15, -0.1) is 12.4 Å². The van der Waals surface area contributed by atoms with E-state index in [0.717, 1.165) is 36.4 Å². The summed E-state index contributed by atoms with van der Waals surface area (Å²) in [5.74, 6) is 0.911. The number of hydrogen-bond donors (Lipinski definition) is 1. The van der Waals surface area contributed by atoms with Crippen molar-refractivity contribution in [2.24, 2.45) is 11.1 Å². The second-order valence-electron chi connectivity index (χ2n) is 5.43. The van der Waals surface area contributed by atoms with Crippen LogP contribution in [0, 0.1) is 5.41 Å². The quantitative estimate of drug-likeness (QED) is 0.908. The van der Waals surface area contributed by atoms with E-state index < -0.39 is 0 Å². The molecule has 1 fully saturated rings. The molecule has 108 valence electrons. The Balaban J connectivity index is 0.00000180. The Morgan fingerprint density at radius 2 is 2.21 bits per heavy atom. The molecule has 1 aromatic rings. The molecule has 5 heteroatoms. The monoisotopic (exact) mass is 348 g/mol. The van der Waals surface area contributed by atoms with Gasteiger partial charge in [0.2, 0.25) is 0 Å². The Bertz CT molecular complexity index is 430. The lowest BCUT2D eigenvalue weighted by molar-refractivity contribution is 0.274. The number of nitrogens with two attached hydrogens (primary N) is 1. The van der Waals surface area contributed by atoms with Crippen molar-refractivity contribution in [3.8, 4) is 5.75 Å². The van der Waals surface area contributed by atoms with Crippen molar-refractivity contribution >= 4 is 28.3 Å². The second kappa shape index (κ2) is 6.93. The van der Waals surface area contributed by atoms with Crippen LogP contribution in [0.25, 0.3) is 0 Å². The maximum atomic E-state index is 5.84. The minimum atomic E-state index is 0. The van der Waals surface area contributed by atoms with Gasteiger partial charge >= 0.3 is 0 Å². The summed E-state index contributed by atoms with van der Waals surface area (Å²) in [4.78, 5) is 2.46. The lowest BCUT2D eigenvalue weighted by atomic mass is 9.90. The topological polar surface area (TPSA) is 38.5 Å². The van der Waals surface area contributed by atoms with E-state index in [9.17, 15) is 0 Å². The molecule has 3 nitrogen and oxygen atoms in total. The van der Waals surface area contributed by atoms with Crippen LogP contribution in [0.5, 0.6) is 5.75 Å². The van der Waals surface area contributed by atoms with Crippen molar-refractivity contribution in [3.05, 3.63) is 28.2 Å². The zero-order chi connectivity index (χ0) is 13.2. The van der Waals surface area contributed by atoms with E-state index >= 15 is 0 Å². The number of hydrogen-bond acceptors (Lipinski definition) is 3. The molecule has 1 aliphatic heterocycles. The average molecular weight is 350 g/mol. The highest BCUT2D eigenvalue weighted by molar-refractivity contribution is 9.10. The number of likely N-dealkylation sites (tertiary alicyclic amines) is 1. The van der Waals surface area contributed by atoms with Gasteiger partial charge in [0.25, 0.3) is 0 Å². The lowest BCUT2D eigenvalue weighted by Gasteiger charge is -2.23. The highest BCUT2D eigenvalue weighted by Crippen LogP contribution is 2.31. The third-order valence-electron chi connectivity index (χ3n) is 3.78. The summed E-state index contributed by atoms with van der Waals surface area (Å²) in [6, 6.07) is 6.12. The zero-order valence-electron chi connectivity index (χ0n) is 11.5. The molecule has 1 unspecified atom stereocenters. The van der Waals surface area contributed by atoms with Crippen LogP contribution in [0.3, 0.4) is 0 Å². The van der Waals surface area contributed by atoms with E-state index in [2.05, 4.69) is 33.8 Å². The minimum absolute atomic E-state index is 0. The first-order valence-corrected chi connectivity index (χ1v) is 7.10. The summed E-state index contributed by atoms with van der Waals surface area (Å²) >= 11 is 3.61. The summed E-state index contributed by atoms with van der Waals surface area (Å²) in [6.07, 6.45) is 1.19. The van der Waals surface area contributed by atoms with Crippen molar-refractivity contribution < 1.29 is 4.74 Å². The van der Waals surface area contributed by atoms with Crippen molar-refractivity contribution in [2.45, 2.75) is 19.9 Å². The first kappa shape index (κ1) is 16.8. The van der Waals surface area contributed by atoms with Crippen LogP contribution >= 0.6 is 28.3 Å². The Hall–Kier alpha value is -0.290. The number of ether oxygens (including phenoxy) is 1. The molecule has 1 saturated heterocycles. The molecule has 0 aliphatic carbocycles. The van der Waals surface area contributed by atoms with Gasteiger partial charge < -0.3 is 10.5 Å². The van der Waals surface area contributed by atoms with E-state index in [1.165, 1.54) is 12.0 Å². The fraction of sp³-hybridized carbons (Fsp3) is 0.571. The average Bonchev–Trinajstić information content (AvgIpc) is 2.75. The largest absolute Gasteiger partial charge is 0.497 e. The smallest absolute Gasteiger partial charge is 0.119 e. The molecule has 2 N–H and O–H groups in total. The van der Waals surface area contributed by atoms with E-state index in [1.807, 2.05) is 12.1 Å². The third kappa shape index (κ3) is 4.09. The van der Waals surface area contributed by atoms with Gasteiger partial charge in [0, 0.05) is 17.6 Å². The fourth-order valence-electron chi connectivity index (χ4n) is 2.47. The van der Waals surface area contributed by atoms with Crippen molar-refractivity contribution in [1.29, 1.82) is 0 Å². The molecular weight excluding hydrogens is 328 g/mol. The molecule has 1 aliphatic rings. The maximum absolute atomic E-state index is 5.84. The van der Waals surface area contributed by atoms with Crippen LogP contribution in [0.1, 0.15) is 18.9 Å². The van der Waals surface area contributed by atoms with Crippen LogP contribution in [-0.4, -0.2) is 31.6 Å². The maximum Gasteiger partial charge on any atom is 0.119 e. The van der Waals surface area contributed by atoms with Gasteiger partial charge in [-0.05, 0) is 48.7 Å². The zero-order valence-corrected chi connectivity index (χ0v) is 13.9. The second-order valence-corrected chi connectivity index (χ2v) is 6.29. The summed E-state index contributed by atoms with van der Waals surface area (Å²) in [6.45, 7) is 6.19. The number of methoxy groups -OCH3 is 1. The molecule has 1 atom stereocenters. The SMILES string of the molecule is COc1ccc(Br)c(CN2CCC(C)(CN)C2)c1.Cl. The first-order chi connectivity index (χ1) is 8.56. The Morgan fingerprint density at radius 3 is 2.79 bits per heavy atom. The molecule has 0 spiro atoms. The standard InChI is InChI=1S/C14H21BrN2O.ClH/c1-14(9-16)5-6-17(10-14)8-11-7-12(18-2)3-4-13(11)15;/h3-4,7H,5-6,8-10,16H2,1-2H3;1H. The van der Waals surface area contributed by atoms with Crippen molar-refractivity contribution in [2.75, 3.05) is 26.7 Å². The molecule has 0 bridgehead atoms. The fourth-order valence-corrected chi connectivity index (χ4v) is 2.84. The molecule has 1 aromatic carbocycles. The number of nitrogens with zero attached hydrogens (tertiary/aromatic N) is 1. The van der Waals surface area contributed by atoms with Crippen LogP contribution in [0.4, 0.5) is 0 Å². The van der Waals surface area contributed by atoms with Crippen LogP contribution in [-0.2, 0) is 6.54 Å². The summed E-state index contributed by atoms with van der Waals surface area (Å²) in [5, 5.41) is 0. The van der Waals surface area contributed by atoms with Gasteiger partial charge in [-0.25, -0.2) is 0 Å². The molecule has 19 heavy (non-hydrogen) atoms. The molecule has 0 radical (unpaired) electrons. The van der Waals surface area contributed by atoms with Gasteiger partial charge in [-0.3, -0.25) is 4.90 Å². The van der Waals surface area contributed by atoms with E-state index in [-0.39, 0.29) is 17.8 Å². The highest BCUT2D eigenvalue weighted by Gasteiger charge is 2.32. The predicted octanol–water partition coefficient (Wildman–Crippen LogP) is 3.05. The third-order valence-corrected chi connectivity index (χ3v) is 4.55.